The van der Waals surface area contributed by atoms with E-state index in [0.29, 0.717) is 36.0 Å². The summed E-state index contributed by atoms with van der Waals surface area (Å²) in [5, 5.41) is 19.7. The summed E-state index contributed by atoms with van der Waals surface area (Å²) in [6.07, 6.45) is 7.06. The second kappa shape index (κ2) is 9.44. The molecule has 33 heavy (non-hydrogen) atoms. The van der Waals surface area contributed by atoms with E-state index in [9.17, 15) is 9.59 Å². The maximum Gasteiger partial charge on any atom is 0.273 e. The van der Waals surface area contributed by atoms with Crippen LogP contribution in [0.3, 0.4) is 0 Å². The fraction of sp³-hybridized carbons (Fsp3) is 0.318. The Hall–Kier alpha value is -4.33. The predicted octanol–water partition coefficient (Wildman–Crippen LogP) is 1.09. The van der Waals surface area contributed by atoms with Crippen LogP contribution in [0.25, 0.3) is 0 Å². The molecule has 1 aliphatic heterocycles. The van der Waals surface area contributed by atoms with E-state index < -0.39 is 12.9 Å². The van der Waals surface area contributed by atoms with Crippen LogP contribution in [0.4, 0.5) is 17.2 Å². The molecule has 1 saturated carbocycles. The first kappa shape index (κ1) is 18.3. The number of hydrogen-bond acceptors (Lipinski definition) is 9. The number of carbonyl (C=O) groups excluding carboxylic acids is 2. The minimum Gasteiger partial charge on any atom is -0.494 e. The molecule has 4 rings (SSSR count). The van der Waals surface area contributed by atoms with Gasteiger partial charge in [0.25, 0.3) is 5.91 Å². The van der Waals surface area contributed by atoms with E-state index >= 15 is 0 Å². The minimum atomic E-state index is -2.74. The lowest BCUT2D eigenvalue weighted by atomic mass is 10.1. The first-order chi connectivity index (χ1) is 17.2. The number of anilines is 3. The number of benzene rings is 1. The summed E-state index contributed by atoms with van der Waals surface area (Å²) in [4.78, 5) is 26.7. The molecule has 2 amide bonds. The average molecular weight is 452 g/mol. The maximum atomic E-state index is 12.7. The highest BCUT2D eigenvalue weighted by atomic mass is 16.5. The third kappa shape index (κ3) is 4.64. The van der Waals surface area contributed by atoms with Crippen LogP contribution in [-0.2, 0) is 4.79 Å². The van der Waals surface area contributed by atoms with Crippen LogP contribution in [-0.4, -0.2) is 60.0 Å². The molecular formula is C22H24N8O3. The Bertz CT molecular complexity index is 1250. The molecule has 11 nitrogen and oxygen atoms in total. The number of amides is 2. The SMILES string of the molecule is [2H]C([2H])([2H])NC(=O)c1nnc(NC(=O)C2CC2)cc1Nc1cccc(C2=NNCN2CC#C)c1OC. The molecule has 0 bridgehead atoms. The molecule has 0 saturated heterocycles. The van der Waals surface area contributed by atoms with Crippen molar-refractivity contribution < 1.29 is 18.4 Å². The Morgan fingerprint density at radius 1 is 1.36 bits per heavy atom. The fourth-order valence-corrected chi connectivity index (χ4v) is 3.34. The van der Waals surface area contributed by atoms with Gasteiger partial charge in [0.2, 0.25) is 5.91 Å². The predicted molar refractivity (Wildman–Crippen MR) is 123 cm³/mol. The van der Waals surface area contributed by atoms with Crippen LogP contribution in [0.15, 0.2) is 29.4 Å². The standard InChI is InChI=1S/C22H24N8O3/c1-4-10-30-12-24-29-20(30)14-6-5-7-15(19(14)33-3)25-16-11-17(26-21(31)13-8-9-13)27-28-18(16)22(32)23-2/h1,5-7,11,13,24H,8-10,12H2,2-3H3,(H,23,32)(H2,25,26,27,31)/i2D3. The Morgan fingerprint density at radius 2 is 2.21 bits per heavy atom. The molecule has 2 heterocycles. The average Bonchev–Trinajstić information content (AvgIpc) is 3.57. The van der Waals surface area contributed by atoms with Crippen LogP contribution in [0.1, 0.15) is 33.0 Å². The van der Waals surface area contributed by atoms with Gasteiger partial charge in [0.1, 0.15) is 6.67 Å². The van der Waals surface area contributed by atoms with Gasteiger partial charge in [-0.1, -0.05) is 12.0 Å². The van der Waals surface area contributed by atoms with E-state index in [4.69, 9.17) is 15.3 Å². The number of terminal acetylenes is 1. The quantitative estimate of drug-likeness (QED) is 0.439. The molecule has 170 valence electrons. The van der Waals surface area contributed by atoms with Gasteiger partial charge < -0.3 is 25.6 Å². The smallest absolute Gasteiger partial charge is 0.273 e. The topological polar surface area (TPSA) is 133 Å². The van der Waals surface area contributed by atoms with Crippen molar-refractivity contribution in [1.29, 1.82) is 0 Å². The van der Waals surface area contributed by atoms with Crippen LogP contribution >= 0.6 is 0 Å². The number of para-hydroxylation sites is 1. The Balaban J connectivity index is 1.71. The summed E-state index contributed by atoms with van der Waals surface area (Å²) in [6.45, 7) is -1.98. The van der Waals surface area contributed by atoms with Crippen molar-refractivity contribution in [3.63, 3.8) is 0 Å². The number of nitrogens with one attached hydrogen (secondary N) is 4. The van der Waals surface area contributed by atoms with Gasteiger partial charge in [0.05, 0.1) is 30.6 Å². The highest BCUT2D eigenvalue weighted by Crippen LogP contribution is 2.34. The Kier molecular flexibility index (Phi) is 5.22. The van der Waals surface area contributed by atoms with Gasteiger partial charge in [-0.25, -0.2) is 0 Å². The Labute approximate surface area is 195 Å². The van der Waals surface area contributed by atoms with Crippen LogP contribution in [0.5, 0.6) is 5.75 Å². The van der Waals surface area contributed by atoms with Crippen molar-refractivity contribution in [3.8, 4) is 18.1 Å². The van der Waals surface area contributed by atoms with Gasteiger partial charge in [0.15, 0.2) is 23.1 Å². The third-order valence-corrected chi connectivity index (χ3v) is 5.08. The molecule has 1 aromatic carbocycles. The number of nitrogens with zero attached hydrogens (tertiary/aromatic N) is 4. The summed E-state index contributed by atoms with van der Waals surface area (Å²) in [5.41, 5.74) is 3.78. The number of methoxy groups -OCH3 is 1. The molecule has 2 aliphatic rings. The van der Waals surface area contributed by atoms with E-state index in [1.165, 1.54) is 13.2 Å². The van der Waals surface area contributed by atoms with E-state index in [2.05, 4.69) is 37.3 Å². The van der Waals surface area contributed by atoms with Crippen molar-refractivity contribution in [1.82, 2.24) is 25.8 Å². The summed E-state index contributed by atoms with van der Waals surface area (Å²) >= 11 is 0. The van der Waals surface area contributed by atoms with Gasteiger partial charge in [-0.2, -0.15) is 5.10 Å². The molecule has 0 radical (unpaired) electrons. The monoisotopic (exact) mass is 451 g/mol. The molecule has 4 N–H and O–H groups in total. The number of rotatable bonds is 8. The lowest BCUT2D eigenvalue weighted by Crippen LogP contribution is -2.30. The zero-order valence-electron chi connectivity index (χ0n) is 20.8. The van der Waals surface area contributed by atoms with E-state index in [1.807, 2.05) is 10.2 Å². The summed E-state index contributed by atoms with van der Waals surface area (Å²) in [7, 11) is 1.48. The molecule has 11 heteroatoms. The fourth-order valence-electron chi connectivity index (χ4n) is 3.34. The number of aromatic nitrogens is 2. The minimum absolute atomic E-state index is 0.0785. The van der Waals surface area contributed by atoms with Gasteiger partial charge in [-0.15, -0.1) is 16.6 Å². The van der Waals surface area contributed by atoms with Gasteiger partial charge in [-0.05, 0) is 25.0 Å². The highest BCUT2D eigenvalue weighted by Gasteiger charge is 2.30. The summed E-state index contributed by atoms with van der Waals surface area (Å²) in [5.74, 6) is 2.41. The molecule has 0 atom stereocenters. The van der Waals surface area contributed by atoms with Crippen molar-refractivity contribution in [2.45, 2.75) is 12.8 Å². The van der Waals surface area contributed by atoms with Gasteiger partial charge >= 0.3 is 0 Å². The first-order valence-electron chi connectivity index (χ1n) is 11.6. The Morgan fingerprint density at radius 3 is 2.94 bits per heavy atom. The molecule has 0 spiro atoms. The zero-order valence-corrected chi connectivity index (χ0v) is 17.8. The number of carbonyl (C=O) groups is 2. The summed E-state index contributed by atoms with van der Waals surface area (Å²) in [6, 6.07) is 6.66. The van der Waals surface area contributed by atoms with Gasteiger partial charge in [0, 0.05) is 23.1 Å². The summed E-state index contributed by atoms with van der Waals surface area (Å²) < 4.78 is 27.7. The number of hydrogen-bond donors (Lipinski definition) is 4. The van der Waals surface area contributed by atoms with E-state index in [0.717, 1.165) is 12.8 Å². The van der Waals surface area contributed by atoms with Gasteiger partial charge in [-0.3, -0.25) is 15.0 Å². The number of hydrazone groups is 1. The molecule has 1 fully saturated rings. The first-order valence-corrected chi connectivity index (χ1v) is 10.1. The largest absolute Gasteiger partial charge is 0.494 e. The van der Waals surface area contributed by atoms with Crippen molar-refractivity contribution in [2.24, 2.45) is 11.0 Å². The van der Waals surface area contributed by atoms with E-state index in [1.54, 1.807) is 18.2 Å². The number of ether oxygens (including phenoxy) is 1. The second-order valence-corrected chi connectivity index (χ2v) is 7.37. The van der Waals surface area contributed by atoms with E-state index in [-0.39, 0.29) is 29.0 Å². The zero-order chi connectivity index (χ0) is 25.9. The third-order valence-electron chi connectivity index (χ3n) is 5.08. The lowest BCUT2D eigenvalue weighted by Gasteiger charge is -2.20. The van der Waals surface area contributed by atoms with Crippen LogP contribution < -0.4 is 26.1 Å². The van der Waals surface area contributed by atoms with Crippen molar-refractivity contribution >= 4 is 34.8 Å². The molecule has 0 unspecified atom stereocenters. The highest BCUT2D eigenvalue weighted by molar-refractivity contribution is 6.04. The van der Waals surface area contributed by atoms with Crippen LogP contribution in [0.2, 0.25) is 0 Å². The lowest BCUT2D eigenvalue weighted by molar-refractivity contribution is -0.117. The molecule has 1 aliphatic carbocycles. The van der Waals surface area contributed by atoms with Crippen molar-refractivity contribution in [3.05, 3.63) is 35.5 Å². The normalized spacial score (nSPS) is 16.3. The maximum absolute atomic E-state index is 12.7. The second-order valence-electron chi connectivity index (χ2n) is 7.37. The number of amidine groups is 1. The molecular weight excluding hydrogens is 424 g/mol. The molecule has 2 aromatic rings. The van der Waals surface area contributed by atoms with Crippen LogP contribution in [0, 0.1) is 18.3 Å². The molecule has 1 aromatic heterocycles. The van der Waals surface area contributed by atoms with Crippen molar-refractivity contribution in [2.75, 3.05) is 37.9 Å².